The number of phenolic OH excluding ortho intramolecular Hbond substituents is 1. The quantitative estimate of drug-likeness (QED) is 0.327. The predicted molar refractivity (Wildman–Crippen MR) is 144 cm³/mol. The molecule has 3 aromatic carbocycles. The zero-order chi connectivity index (χ0) is 25.6. The van der Waals surface area contributed by atoms with Crippen LogP contribution in [0.4, 0.5) is 11.5 Å². The van der Waals surface area contributed by atoms with Crippen LogP contribution in [0.25, 0.3) is 16.9 Å². The minimum atomic E-state index is -0.160. The van der Waals surface area contributed by atoms with Crippen LogP contribution < -0.4 is 10.6 Å². The van der Waals surface area contributed by atoms with Gasteiger partial charge in [0.1, 0.15) is 11.6 Å². The van der Waals surface area contributed by atoms with Crippen LogP contribution in [0.5, 0.6) is 5.75 Å². The standard InChI is InChI=1S/C29H29N5O3/c35-26-14-8-7-13-24(26)30-29(37)22-15-17-33(18-16-22)20-28(36)31-27-19-25(21-9-3-1-4-10-21)32-34(27)23-11-5-2-6-12-23/h1-14,19,22,35H,15-18,20H2,(H,30,37)(H,31,36). The number of amides is 2. The Morgan fingerprint density at radius 3 is 2.22 bits per heavy atom. The molecule has 0 unspecified atom stereocenters. The lowest BCUT2D eigenvalue weighted by Gasteiger charge is -2.30. The molecular weight excluding hydrogens is 466 g/mol. The molecule has 3 N–H and O–H groups in total. The van der Waals surface area contributed by atoms with Crippen molar-refractivity contribution in [3.8, 4) is 22.7 Å². The molecule has 1 saturated heterocycles. The predicted octanol–water partition coefficient (Wildman–Crippen LogP) is 4.53. The van der Waals surface area contributed by atoms with E-state index >= 15 is 0 Å². The lowest BCUT2D eigenvalue weighted by Crippen LogP contribution is -2.42. The highest BCUT2D eigenvalue weighted by atomic mass is 16.3. The summed E-state index contributed by atoms with van der Waals surface area (Å²) >= 11 is 0. The largest absolute Gasteiger partial charge is 0.506 e. The average Bonchev–Trinajstić information content (AvgIpc) is 3.35. The van der Waals surface area contributed by atoms with Gasteiger partial charge in [-0.3, -0.25) is 14.5 Å². The van der Waals surface area contributed by atoms with E-state index in [1.807, 2.05) is 66.7 Å². The second-order valence-corrected chi connectivity index (χ2v) is 9.13. The van der Waals surface area contributed by atoms with Crippen molar-refractivity contribution in [2.45, 2.75) is 12.8 Å². The Kier molecular flexibility index (Phi) is 7.28. The highest BCUT2D eigenvalue weighted by Crippen LogP contribution is 2.26. The molecule has 8 heteroatoms. The number of rotatable bonds is 7. The maximum absolute atomic E-state index is 13.0. The van der Waals surface area contributed by atoms with Crippen molar-refractivity contribution in [2.75, 3.05) is 30.3 Å². The Bertz CT molecular complexity index is 1360. The van der Waals surface area contributed by atoms with Gasteiger partial charge in [-0.15, -0.1) is 0 Å². The topological polar surface area (TPSA) is 99.5 Å². The van der Waals surface area contributed by atoms with Gasteiger partial charge in [0.05, 0.1) is 23.6 Å². The number of nitrogens with one attached hydrogen (secondary N) is 2. The minimum absolute atomic E-state index is 0.0510. The fourth-order valence-corrected chi connectivity index (χ4v) is 4.54. The molecular formula is C29H29N5O3. The molecule has 0 radical (unpaired) electrons. The number of hydrogen-bond acceptors (Lipinski definition) is 5. The number of benzene rings is 3. The third kappa shape index (κ3) is 5.87. The molecule has 0 spiro atoms. The Morgan fingerprint density at radius 2 is 1.51 bits per heavy atom. The Hall–Kier alpha value is -4.43. The molecule has 188 valence electrons. The first kappa shape index (κ1) is 24.3. The molecule has 2 heterocycles. The molecule has 0 bridgehead atoms. The lowest BCUT2D eigenvalue weighted by molar-refractivity contribution is -0.121. The van der Waals surface area contributed by atoms with Crippen LogP contribution in [-0.2, 0) is 9.59 Å². The molecule has 8 nitrogen and oxygen atoms in total. The Balaban J connectivity index is 1.21. The van der Waals surface area contributed by atoms with E-state index in [-0.39, 0.29) is 30.0 Å². The first-order valence-electron chi connectivity index (χ1n) is 12.4. The zero-order valence-electron chi connectivity index (χ0n) is 20.4. The third-order valence-corrected chi connectivity index (χ3v) is 6.53. The monoisotopic (exact) mass is 495 g/mol. The molecule has 37 heavy (non-hydrogen) atoms. The SMILES string of the molecule is O=C(CN1CCC(C(=O)Nc2ccccc2O)CC1)Nc1cc(-c2ccccc2)nn1-c1ccccc1. The second kappa shape index (κ2) is 11.1. The third-order valence-electron chi connectivity index (χ3n) is 6.53. The molecule has 0 aliphatic carbocycles. The summed E-state index contributed by atoms with van der Waals surface area (Å²) in [6.07, 6.45) is 1.29. The van der Waals surface area contributed by atoms with Crippen molar-refractivity contribution in [3.63, 3.8) is 0 Å². The molecule has 0 saturated carbocycles. The van der Waals surface area contributed by atoms with Crippen molar-refractivity contribution < 1.29 is 14.7 Å². The van der Waals surface area contributed by atoms with E-state index in [4.69, 9.17) is 5.10 Å². The number of anilines is 2. The van der Waals surface area contributed by atoms with Gasteiger partial charge in [-0.1, -0.05) is 60.7 Å². The van der Waals surface area contributed by atoms with Gasteiger partial charge in [-0.2, -0.15) is 5.10 Å². The summed E-state index contributed by atoms with van der Waals surface area (Å²) in [5.41, 5.74) is 3.02. The normalized spacial score (nSPS) is 14.3. The van der Waals surface area contributed by atoms with Crippen LogP contribution in [0.1, 0.15) is 12.8 Å². The van der Waals surface area contributed by atoms with Gasteiger partial charge in [0, 0.05) is 17.5 Å². The number of likely N-dealkylation sites (tertiary alicyclic amines) is 1. The van der Waals surface area contributed by atoms with Crippen molar-refractivity contribution in [2.24, 2.45) is 5.92 Å². The number of carbonyl (C=O) groups is 2. The van der Waals surface area contributed by atoms with E-state index in [0.29, 0.717) is 37.4 Å². The lowest BCUT2D eigenvalue weighted by atomic mass is 9.95. The van der Waals surface area contributed by atoms with E-state index in [1.54, 1.807) is 28.9 Å². The summed E-state index contributed by atoms with van der Waals surface area (Å²) in [7, 11) is 0. The van der Waals surface area contributed by atoms with E-state index < -0.39 is 0 Å². The number of aromatic nitrogens is 2. The minimum Gasteiger partial charge on any atom is -0.506 e. The van der Waals surface area contributed by atoms with E-state index in [0.717, 1.165) is 16.9 Å². The number of carbonyl (C=O) groups excluding carboxylic acids is 2. The maximum atomic E-state index is 13.0. The number of piperidine rings is 1. The van der Waals surface area contributed by atoms with Crippen LogP contribution in [-0.4, -0.2) is 51.2 Å². The summed E-state index contributed by atoms with van der Waals surface area (Å²) in [5.74, 6) is 0.258. The van der Waals surface area contributed by atoms with Gasteiger partial charge in [-0.05, 0) is 50.2 Å². The number of phenols is 1. The number of para-hydroxylation sites is 3. The Morgan fingerprint density at radius 1 is 0.865 bits per heavy atom. The van der Waals surface area contributed by atoms with Gasteiger partial charge in [-0.25, -0.2) is 4.68 Å². The molecule has 5 rings (SSSR count). The van der Waals surface area contributed by atoms with Gasteiger partial charge in [0.15, 0.2) is 0 Å². The van der Waals surface area contributed by atoms with Crippen LogP contribution in [0.3, 0.4) is 0 Å². The van der Waals surface area contributed by atoms with Crippen molar-refractivity contribution in [3.05, 3.63) is 91.0 Å². The van der Waals surface area contributed by atoms with Crippen LogP contribution in [0.2, 0.25) is 0 Å². The van der Waals surface area contributed by atoms with Gasteiger partial charge >= 0.3 is 0 Å². The smallest absolute Gasteiger partial charge is 0.239 e. The fraction of sp³-hybridized carbons (Fsp3) is 0.207. The van der Waals surface area contributed by atoms with Crippen molar-refractivity contribution in [1.29, 1.82) is 0 Å². The molecule has 4 aromatic rings. The van der Waals surface area contributed by atoms with E-state index in [2.05, 4.69) is 15.5 Å². The molecule has 2 amide bonds. The number of nitrogens with zero attached hydrogens (tertiary/aromatic N) is 3. The van der Waals surface area contributed by atoms with Crippen molar-refractivity contribution in [1.82, 2.24) is 14.7 Å². The van der Waals surface area contributed by atoms with Crippen LogP contribution in [0, 0.1) is 5.92 Å². The van der Waals surface area contributed by atoms with E-state index in [9.17, 15) is 14.7 Å². The first-order valence-corrected chi connectivity index (χ1v) is 12.4. The molecule has 1 aromatic heterocycles. The average molecular weight is 496 g/mol. The number of hydrogen-bond donors (Lipinski definition) is 3. The zero-order valence-corrected chi connectivity index (χ0v) is 20.4. The van der Waals surface area contributed by atoms with Crippen molar-refractivity contribution >= 4 is 23.3 Å². The molecule has 0 atom stereocenters. The maximum Gasteiger partial charge on any atom is 0.239 e. The summed E-state index contributed by atoms with van der Waals surface area (Å²) in [6.45, 7) is 1.51. The Labute approximate surface area is 215 Å². The molecule has 1 aliphatic rings. The summed E-state index contributed by atoms with van der Waals surface area (Å²) in [5, 5.41) is 20.5. The van der Waals surface area contributed by atoms with Crippen LogP contribution in [0.15, 0.2) is 91.0 Å². The molecule has 1 fully saturated rings. The molecule has 1 aliphatic heterocycles. The summed E-state index contributed by atoms with van der Waals surface area (Å²) < 4.78 is 1.75. The fourth-order valence-electron chi connectivity index (χ4n) is 4.54. The number of aromatic hydroxyl groups is 1. The van der Waals surface area contributed by atoms with Gasteiger partial charge in [0.2, 0.25) is 11.8 Å². The van der Waals surface area contributed by atoms with Gasteiger partial charge < -0.3 is 15.7 Å². The second-order valence-electron chi connectivity index (χ2n) is 9.13. The van der Waals surface area contributed by atoms with E-state index in [1.165, 1.54) is 0 Å². The van der Waals surface area contributed by atoms with Gasteiger partial charge in [0.25, 0.3) is 0 Å². The van der Waals surface area contributed by atoms with Crippen LogP contribution >= 0.6 is 0 Å². The summed E-state index contributed by atoms with van der Waals surface area (Å²) in [4.78, 5) is 27.7. The highest BCUT2D eigenvalue weighted by molar-refractivity contribution is 5.94. The summed E-state index contributed by atoms with van der Waals surface area (Å²) in [6, 6.07) is 28.1. The first-order chi connectivity index (χ1) is 18.1. The highest BCUT2D eigenvalue weighted by Gasteiger charge is 2.26.